The van der Waals surface area contributed by atoms with E-state index in [1.165, 1.54) is 37.3 Å². The number of rotatable bonds is 3. The van der Waals surface area contributed by atoms with Gasteiger partial charge in [0, 0.05) is 11.1 Å². The Morgan fingerprint density at radius 3 is 2.10 bits per heavy atom. The van der Waals surface area contributed by atoms with Gasteiger partial charge < -0.3 is 4.74 Å². The minimum atomic E-state index is -4.78. The molecule has 2 rings (SSSR count). The highest BCUT2D eigenvalue weighted by Crippen LogP contribution is 2.23. The van der Waals surface area contributed by atoms with Crippen LogP contribution < -0.4 is 4.74 Å². The summed E-state index contributed by atoms with van der Waals surface area (Å²) in [6.07, 6.45) is -4.78. The van der Waals surface area contributed by atoms with Gasteiger partial charge in [-0.1, -0.05) is 0 Å². The van der Waals surface area contributed by atoms with Crippen LogP contribution in [0.3, 0.4) is 0 Å². The first kappa shape index (κ1) is 15.0. The van der Waals surface area contributed by atoms with Gasteiger partial charge in [0.1, 0.15) is 11.6 Å². The number of aryl methyl sites for hydroxylation is 1. The predicted octanol–water partition coefficient (Wildman–Crippen LogP) is 4.26. The van der Waals surface area contributed by atoms with Crippen LogP contribution in [0.25, 0.3) is 0 Å². The Hall–Kier alpha value is -2.37. The second-order valence-corrected chi connectivity index (χ2v) is 4.37. The fraction of sp³-hybridized carbons (Fsp3) is 0.133. The van der Waals surface area contributed by atoms with Crippen LogP contribution in [0.4, 0.5) is 17.6 Å². The lowest BCUT2D eigenvalue weighted by atomic mass is 10.0. The zero-order valence-corrected chi connectivity index (χ0v) is 10.9. The van der Waals surface area contributed by atoms with Crippen LogP contribution in [0.2, 0.25) is 0 Å². The molecule has 0 radical (unpaired) electrons. The third kappa shape index (κ3) is 3.81. The molecule has 0 atom stereocenters. The van der Waals surface area contributed by atoms with E-state index in [0.717, 1.165) is 12.1 Å². The quantitative estimate of drug-likeness (QED) is 0.625. The Labute approximate surface area is 118 Å². The molecule has 0 spiro atoms. The number of ether oxygens (including phenoxy) is 1. The average molecular weight is 298 g/mol. The largest absolute Gasteiger partial charge is 0.573 e. The minimum Gasteiger partial charge on any atom is -0.406 e. The Kier molecular flexibility index (Phi) is 3.97. The van der Waals surface area contributed by atoms with Crippen LogP contribution in [0, 0.1) is 12.7 Å². The van der Waals surface area contributed by atoms with Gasteiger partial charge in [-0.3, -0.25) is 4.79 Å². The molecule has 0 bridgehead atoms. The second kappa shape index (κ2) is 5.55. The lowest BCUT2D eigenvalue weighted by Crippen LogP contribution is -2.17. The van der Waals surface area contributed by atoms with Crippen LogP contribution in [-0.2, 0) is 0 Å². The zero-order valence-electron chi connectivity index (χ0n) is 10.9. The van der Waals surface area contributed by atoms with Crippen molar-refractivity contribution >= 4 is 5.78 Å². The van der Waals surface area contributed by atoms with E-state index in [4.69, 9.17) is 0 Å². The van der Waals surface area contributed by atoms with Gasteiger partial charge in [0.2, 0.25) is 0 Å². The number of benzene rings is 2. The molecule has 2 aromatic carbocycles. The molecule has 0 aromatic heterocycles. The Morgan fingerprint density at radius 2 is 1.57 bits per heavy atom. The lowest BCUT2D eigenvalue weighted by Gasteiger charge is -2.09. The summed E-state index contributed by atoms with van der Waals surface area (Å²) < 4.78 is 52.9. The maximum absolute atomic E-state index is 13.1. The van der Waals surface area contributed by atoms with Crippen LogP contribution in [0.1, 0.15) is 21.5 Å². The van der Waals surface area contributed by atoms with Gasteiger partial charge in [0.15, 0.2) is 5.78 Å². The molecule has 21 heavy (non-hydrogen) atoms. The lowest BCUT2D eigenvalue weighted by molar-refractivity contribution is -0.274. The molecule has 0 aliphatic carbocycles. The maximum Gasteiger partial charge on any atom is 0.573 e. The predicted molar refractivity (Wildman–Crippen MR) is 67.7 cm³/mol. The summed E-state index contributed by atoms with van der Waals surface area (Å²) in [7, 11) is 0. The second-order valence-electron chi connectivity index (χ2n) is 4.37. The number of carbonyl (C=O) groups excluding carboxylic acids is 1. The molecule has 0 amide bonds. The highest BCUT2D eigenvalue weighted by atomic mass is 19.4. The van der Waals surface area contributed by atoms with Crippen molar-refractivity contribution in [1.29, 1.82) is 0 Å². The van der Waals surface area contributed by atoms with Gasteiger partial charge in [0.25, 0.3) is 0 Å². The topological polar surface area (TPSA) is 26.3 Å². The van der Waals surface area contributed by atoms with Gasteiger partial charge >= 0.3 is 6.36 Å². The summed E-state index contributed by atoms with van der Waals surface area (Å²) in [6, 6.07) is 8.44. The first-order valence-corrected chi connectivity index (χ1v) is 5.93. The Bertz CT molecular complexity index is 660. The van der Waals surface area contributed by atoms with Gasteiger partial charge in [-0.15, -0.1) is 13.2 Å². The molecule has 0 saturated heterocycles. The summed E-state index contributed by atoms with van der Waals surface area (Å²) >= 11 is 0. The SMILES string of the molecule is Cc1cc(C(=O)c2ccc(OC(F)(F)F)cc2)ccc1F. The number of ketones is 1. The smallest absolute Gasteiger partial charge is 0.406 e. The molecule has 0 N–H and O–H groups in total. The van der Waals surface area contributed by atoms with E-state index in [-0.39, 0.29) is 11.1 Å². The van der Waals surface area contributed by atoms with Crippen LogP contribution in [-0.4, -0.2) is 12.1 Å². The van der Waals surface area contributed by atoms with E-state index in [2.05, 4.69) is 4.74 Å². The molecule has 110 valence electrons. The molecule has 0 heterocycles. The van der Waals surface area contributed by atoms with Crippen molar-refractivity contribution in [2.45, 2.75) is 13.3 Å². The van der Waals surface area contributed by atoms with E-state index < -0.39 is 23.7 Å². The molecule has 0 unspecified atom stereocenters. The zero-order chi connectivity index (χ0) is 15.6. The van der Waals surface area contributed by atoms with Crippen LogP contribution >= 0.6 is 0 Å². The highest BCUT2D eigenvalue weighted by Gasteiger charge is 2.31. The number of halogens is 4. The minimum absolute atomic E-state index is 0.190. The number of hydrogen-bond donors (Lipinski definition) is 0. The monoisotopic (exact) mass is 298 g/mol. The molecule has 2 aromatic rings. The standard InChI is InChI=1S/C15H10F4O2/c1-9-8-11(4-7-13(9)16)14(20)10-2-5-12(6-3-10)21-15(17,18)19/h2-8H,1H3. The summed E-state index contributed by atoms with van der Waals surface area (Å²) in [4.78, 5) is 12.1. The van der Waals surface area contributed by atoms with Crippen molar-refractivity contribution in [3.8, 4) is 5.75 Å². The molecule has 0 aliphatic heterocycles. The maximum atomic E-state index is 13.1. The number of alkyl halides is 3. The van der Waals surface area contributed by atoms with Crippen molar-refractivity contribution in [1.82, 2.24) is 0 Å². The first-order chi connectivity index (χ1) is 9.76. The molecular weight excluding hydrogens is 288 g/mol. The van der Waals surface area contributed by atoms with Crippen molar-refractivity contribution < 1.29 is 27.1 Å². The average Bonchev–Trinajstić information content (AvgIpc) is 2.40. The van der Waals surface area contributed by atoms with E-state index in [0.29, 0.717) is 5.56 Å². The fourth-order valence-corrected chi connectivity index (χ4v) is 1.76. The fourth-order valence-electron chi connectivity index (χ4n) is 1.76. The van der Waals surface area contributed by atoms with E-state index in [9.17, 15) is 22.4 Å². The molecule has 2 nitrogen and oxygen atoms in total. The summed E-state index contributed by atoms with van der Waals surface area (Å²) in [5, 5.41) is 0. The van der Waals surface area contributed by atoms with Crippen LogP contribution in [0.5, 0.6) is 5.75 Å². The van der Waals surface area contributed by atoms with Crippen molar-refractivity contribution in [3.63, 3.8) is 0 Å². The van der Waals surface area contributed by atoms with Gasteiger partial charge in [-0.25, -0.2) is 4.39 Å². The van der Waals surface area contributed by atoms with E-state index >= 15 is 0 Å². The summed E-state index contributed by atoms with van der Waals surface area (Å²) in [5.41, 5.74) is 0.770. The highest BCUT2D eigenvalue weighted by molar-refractivity contribution is 6.09. The van der Waals surface area contributed by atoms with Crippen molar-refractivity contribution in [3.05, 3.63) is 65.0 Å². The van der Waals surface area contributed by atoms with Crippen molar-refractivity contribution in [2.75, 3.05) is 0 Å². The third-order valence-corrected chi connectivity index (χ3v) is 2.77. The first-order valence-electron chi connectivity index (χ1n) is 5.93. The molecular formula is C15H10F4O2. The number of hydrogen-bond acceptors (Lipinski definition) is 2. The van der Waals surface area contributed by atoms with Gasteiger partial charge in [-0.05, 0) is 55.0 Å². The van der Waals surface area contributed by atoms with E-state index in [1.807, 2.05) is 0 Å². The van der Waals surface area contributed by atoms with Crippen LogP contribution in [0.15, 0.2) is 42.5 Å². The molecule has 6 heteroatoms. The Balaban J connectivity index is 2.22. The van der Waals surface area contributed by atoms with Gasteiger partial charge in [0.05, 0.1) is 0 Å². The normalized spacial score (nSPS) is 11.3. The van der Waals surface area contributed by atoms with Crippen molar-refractivity contribution in [2.24, 2.45) is 0 Å². The molecule has 0 aliphatic rings. The Morgan fingerprint density at radius 1 is 1.00 bits per heavy atom. The third-order valence-electron chi connectivity index (χ3n) is 2.77. The van der Waals surface area contributed by atoms with Gasteiger partial charge in [-0.2, -0.15) is 0 Å². The number of carbonyl (C=O) groups is 1. The summed E-state index contributed by atoms with van der Waals surface area (Å²) in [6.45, 7) is 1.52. The summed E-state index contributed by atoms with van der Waals surface area (Å²) in [5.74, 6) is -1.24. The van der Waals surface area contributed by atoms with E-state index in [1.54, 1.807) is 0 Å². The molecule has 0 fully saturated rings. The molecule has 0 saturated carbocycles.